The Morgan fingerprint density at radius 2 is 2.00 bits per heavy atom. The molecule has 1 heterocycles. The molecule has 150 valence electrons. The van der Waals surface area contributed by atoms with Gasteiger partial charge in [0, 0.05) is 11.9 Å². The maximum atomic E-state index is 13.5. The van der Waals surface area contributed by atoms with Crippen molar-refractivity contribution in [1.82, 2.24) is 15.1 Å². The van der Waals surface area contributed by atoms with Crippen LogP contribution in [0.3, 0.4) is 0 Å². The molecule has 8 heteroatoms. The summed E-state index contributed by atoms with van der Waals surface area (Å²) >= 11 is 0. The number of benzene rings is 2. The summed E-state index contributed by atoms with van der Waals surface area (Å²) in [5, 5.41) is 7.12. The van der Waals surface area contributed by atoms with Crippen LogP contribution in [0.15, 0.2) is 53.5 Å². The van der Waals surface area contributed by atoms with E-state index in [0.717, 1.165) is 0 Å². The summed E-state index contributed by atoms with van der Waals surface area (Å²) in [5.41, 5.74) is 1.57. The van der Waals surface area contributed by atoms with Gasteiger partial charge < -0.3 is 10.1 Å². The third kappa shape index (κ3) is 5.25. The van der Waals surface area contributed by atoms with Gasteiger partial charge >= 0.3 is 5.97 Å². The zero-order valence-electron chi connectivity index (χ0n) is 15.9. The van der Waals surface area contributed by atoms with E-state index in [9.17, 15) is 18.8 Å². The fraction of sp³-hybridized carbons (Fsp3) is 0.238. The average Bonchev–Trinajstić information content (AvgIpc) is 2.73. The van der Waals surface area contributed by atoms with Crippen molar-refractivity contribution in [2.45, 2.75) is 26.4 Å². The largest absolute Gasteiger partial charge is 0.456 e. The molecule has 3 rings (SSSR count). The molecule has 3 aromatic rings. The van der Waals surface area contributed by atoms with E-state index in [1.807, 2.05) is 0 Å². The zero-order chi connectivity index (χ0) is 20.8. The summed E-state index contributed by atoms with van der Waals surface area (Å²) in [6, 6.07) is 11.7. The number of halogens is 1. The van der Waals surface area contributed by atoms with Crippen LogP contribution in [0.4, 0.5) is 4.39 Å². The van der Waals surface area contributed by atoms with Gasteiger partial charge in [-0.05, 0) is 36.2 Å². The van der Waals surface area contributed by atoms with Crippen LogP contribution in [0.1, 0.15) is 17.5 Å². The van der Waals surface area contributed by atoms with Crippen LogP contribution in [0.5, 0.6) is 0 Å². The first-order valence-electron chi connectivity index (χ1n) is 9.06. The van der Waals surface area contributed by atoms with Crippen LogP contribution in [-0.2, 0) is 27.4 Å². The third-order valence-corrected chi connectivity index (χ3v) is 4.38. The first-order chi connectivity index (χ1) is 13.9. The number of ether oxygens (including phenoxy) is 1. The standard InChI is InChI=1S/C21H20FN3O4/c1-14-6-7-15(10-17(14)22)11-23-20(27)13-29-21(28)8-9-25-18-5-3-2-4-16(18)19(26)12-24-25/h2-7,10,12H,8-9,11,13H2,1H3,(H,23,27). The fourth-order valence-corrected chi connectivity index (χ4v) is 2.75. The van der Waals surface area contributed by atoms with Crippen molar-refractivity contribution in [3.05, 3.63) is 75.8 Å². The molecular formula is C21H20FN3O4. The molecule has 0 unspecified atom stereocenters. The summed E-state index contributed by atoms with van der Waals surface area (Å²) in [7, 11) is 0. The lowest BCUT2D eigenvalue weighted by Gasteiger charge is -2.10. The first-order valence-corrected chi connectivity index (χ1v) is 9.06. The molecule has 0 saturated heterocycles. The summed E-state index contributed by atoms with van der Waals surface area (Å²) < 4.78 is 20.0. The van der Waals surface area contributed by atoms with Gasteiger partial charge in [0.05, 0.1) is 24.7 Å². The van der Waals surface area contributed by atoms with Crippen LogP contribution in [0, 0.1) is 12.7 Å². The highest BCUT2D eigenvalue weighted by Gasteiger charge is 2.10. The topological polar surface area (TPSA) is 90.3 Å². The second-order valence-electron chi connectivity index (χ2n) is 6.52. The number of esters is 1. The molecule has 0 fully saturated rings. The highest BCUT2D eigenvalue weighted by molar-refractivity contribution is 5.81. The van der Waals surface area contributed by atoms with E-state index in [0.29, 0.717) is 22.0 Å². The van der Waals surface area contributed by atoms with Gasteiger partial charge in [-0.1, -0.05) is 24.3 Å². The van der Waals surface area contributed by atoms with Gasteiger partial charge in [-0.3, -0.25) is 19.1 Å². The van der Waals surface area contributed by atoms with Gasteiger partial charge in [-0.2, -0.15) is 5.10 Å². The number of amides is 1. The van der Waals surface area contributed by atoms with Gasteiger partial charge in [-0.15, -0.1) is 0 Å². The first kappa shape index (κ1) is 20.2. The predicted molar refractivity (Wildman–Crippen MR) is 105 cm³/mol. The molecule has 1 N–H and O–H groups in total. The Balaban J connectivity index is 1.46. The SMILES string of the molecule is Cc1ccc(CNC(=O)COC(=O)CCn2ncc(=O)c3ccccc32)cc1F. The van der Waals surface area contributed by atoms with Crippen LogP contribution < -0.4 is 10.7 Å². The molecule has 2 aromatic carbocycles. The summed E-state index contributed by atoms with van der Waals surface area (Å²) in [6.45, 7) is 1.58. The van der Waals surface area contributed by atoms with Crippen molar-refractivity contribution in [3.8, 4) is 0 Å². The van der Waals surface area contributed by atoms with E-state index < -0.39 is 18.5 Å². The molecule has 0 radical (unpaired) electrons. The van der Waals surface area contributed by atoms with E-state index >= 15 is 0 Å². The molecule has 0 bridgehead atoms. The second kappa shape index (κ2) is 9.09. The van der Waals surface area contributed by atoms with Crippen molar-refractivity contribution in [2.24, 2.45) is 0 Å². The Bertz CT molecular complexity index is 1110. The number of para-hydroxylation sites is 1. The van der Waals surface area contributed by atoms with Gasteiger partial charge in [0.2, 0.25) is 5.43 Å². The number of carbonyl (C=O) groups excluding carboxylic acids is 2. The number of hydrogen-bond acceptors (Lipinski definition) is 5. The minimum Gasteiger partial charge on any atom is -0.456 e. The van der Waals surface area contributed by atoms with Gasteiger partial charge in [0.1, 0.15) is 5.82 Å². The van der Waals surface area contributed by atoms with Crippen LogP contribution >= 0.6 is 0 Å². The Morgan fingerprint density at radius 3 is 2.79 bits per heavy atom. The third-order valence-electron chi connectivity index (χ3n) is 4.38. The number of aryl methyl sites for hydroxylation is 2. The summed E-state index contributed by atoms with van der Waals surface area (Å²) in [5.74, 6) is -1.38. The lowest BCUT2D eigenvalue weighted by Crippen LogP contribution is -2.28. The lowest BCUT2D eigenvalue weighted by atomic mass is 10.1. The van der Waals surface area contributed by atoms with Crippen molar-refractivity contribution in [3.63, 3.8) is 0 Å². The fourth-order valence-electron chi connectivity index (χ4n) is 2.75. The molecule has 0 aliphatic rings. The van der Waals surface area contributed by atoms with Crippen LogP contribution in [-0.4, -0.2) is 28.3 Å². The molecule has 1 aromatic heterocycles. The summed E-state index contributed by atoms with van der Waals surface area (Å²) in [6.07, 6.45) is 1.20. The highest BCUT2D eigenvalue weighted by Crippen LogP contribution is 2.09. The normalized spacial score (nSPS) is 10.7. The van der Waals surface area contributed by atoms with Crippen molar-refractivity contribution < 1.29 is 18.7 Å². The smallest absolute Gasteiger partial charge is 0.308 e. The molecule has 29 heavy (non-hydrogen) atoms. The maximum Gasteiger partial charge on any atom is 0.308 e. The molecule has 7 nitrogen and oxygen atoms in total. The Hall–Kier alpha value is -3.55. The molecule has 0 atom stereocenters. The van der Waals surface area contributed by atoms with Crippen molar-refractivity contribution >= 4 is 22.8 Å². The molecule has 1 amide bonds. The number of nitrogens with zero attached hydrogens (tertiary/aromatic N) is 2. The Kier molecular flexibility index (Phi) is 6.33. The van der Waals surface area contributed by atoms with Crippen LogP contribution in [0.2, 0.25) is 0 Å². The average molecular weight is 397 g/mol. The number of hydrogen-bond donors (Lipinski definition) is 1. The van der Waals surface area contributed by atoms with E-state index in [-0.39, 0.29) is 30.8 Å². The minimum absolute atomic E-state index is 0.00365. The number of rotatable bonds is 7. The lowest BCUT2D eigenvalue weighted by molar-refractivity contribution is -0.148. The van der Waals surface area contributed by atoms with Gasteiger partial charge in [0.15, 0.2) is 6.61 Å². The number of nitrogens with one attached hydrogen (secondary N) is 1. The van der Waals surface area contributed by atoms with E-state index in [1.54, 1.807) is 48.0 Å². The monoisotopic (exact) mass is 397 g/mol. The molecular weight excluding hydrogens is 377 g/mol. The van der Waals surface area contributed by atoms with Crippen molar-refractivity contribution in [1.29, 1.82) is 0 Å². The molecule has 0 saturated carbocycles. The van der Waals surface area contributed by atoms with Gasteiger partial charge in [-0.25, -0.2) is 4.39 Å². The summed E-state index contributed by atoms with van der Waals surface area (Å²) in [4.78, 5) is 35.6. The van der Waals surface area contributed by atoms with Crippen LogP contribution in [0.25, 0.3) is 10.9 Å². The Morgan fingerprint density at radius 1 is 1.21 bits per heavy atom. The van der Waals surface area contributed by atoms with Crippen molar-refractivity contribution in [2.75, 3.05) is 6.61 Å². The maximum absolute atomic E-state index is 13.5. The second-order valence-corrected chi connectivity index (χ2v) is 6.52. The predicted octanol–water partition coefficient (Wildman–Crippen LogP) is 2.09. The van der Waals surface area contributed by atoms with Gasteiger partial charge in [0.25, 0.3) is 5.91 Å². The number of fused-ring (bicyclic) bond motifs is 1. The molecule has 0 aliphatic heterocycles. The molecule has 0 aliphatic carbocycles. The molecule has 0 spiro atoms. The quantitative estimate of drug-likeness (QED) is 0.617. The number of aromatic nitrogens is 2. The van der Waals surface area contributed by atoms with E-state index in [2.05, 4.69) is 10.4 Å². The minimum atomic E-state index is -0.564. The van der Waals surface area contributed by atoms with E-state index in [4.69, 9.17) is 4.74 Å². The zero-order valence-corrected chi connectivity index (χ0v) is 15.9. The number of carbonyl (C=O) groups is 2. The Labute approximate surface area is 166 Å². The van der Waals surface area contributed by atoms with E-state index in [1.165, 1.54) is 12.3 Å². The highest BCUT2D eigenvalue weighted by atomic mass is 19.1.